The molecule has 7 fully saturated rings. The summed E-state index contributed by atoms with van der Waals surface area (Å²) in [6, 6.07) is 0. The van der Waals surface area contributed by atoms with Gasteiger partial charge in [-0.25, -0.2) is 0 Å². The smallest absolute Gasteiger partial charge is 0.0150 e. The lowest BCUT2D eigenvalue weighted by Gasteiger charge is -2.92. The van der Waals surface area contributed by atoms with Gasteiger partial charge >= 0.3 is 0 Å². The van der Waals surface area contributed by atoms with E-state index in [0.717, 1.165) is 46.8 Å². The van der Waals surface area contributed by atoms with E-state index in [1.807, 2.05) is 0 Å². The van der Waals surface area contributed by atoms with Crippen molar-refractivity contribution < 1.29 is 0 Å². The highest BCUT2D eigenvalue weighted by molar-refractivity contribution is 5.42. The number of hydrogen-bond acceptors (Lipinski definition) is 0. The highest BCUT2D eigenvalue weighted by Gasteiger charge is 2.95. The molecule has 7 aliphatic carbocycles. The summed E-state index contributed by atoms with van der Waals surface area (Å²) < 4.78 is 0. The Morgan fingerprint density at radius 2 is 1.58 bits per heavy atom. The molecule has 11 unspecified atom stereocenters. The second-order valence-electron chi connectivity index (χ2n) is 10.2. The average Bonchev–Trinajstić information content (AvgIpc) is 2.41. The molecule has 7 saturated carbocycles. The van der Waals surface area contributed by atoms with Gasteiger partial charge in [0.05, 0.1) is 0 Å². The van der Waals surface area contributed by atoms with Crippen LogP contribution in [0.5, 0.6) is 0 Å². The van der Waals surface area contributed by atoms with Gasteiger partial charge in [0.1, 0.15) is 0 Å². The summed E-state index contributed by atoms with van der Waals surface area (Å²) in [6.07, 6.45) is 4.87. The second-order valence-corrected chi connectivity index (χ2v) is 10.2. The lowest BCUT2D eigenvalue weighted by molar-refractivity contribution is -0.451. The van der Waals surface area contributed by atoms with Crippen molar-refractivity contribution in [1.29, 1.82) is 0 Å². The van der Waals surface area contributed by atoms with E-state index in [4.69, 9.17) is 0 Å². The standard InChI is InChI=1S/C19H28/c1-9-14-12-7-19-8-16(9,3)18(19,5)17(4)10(2)15(14)11(12)6-13(17)19/h9-15H,6-8H2,1-5H3. The summed E-state index contributed by atoms with van der Waals surface area (Å²) in [5.74, 6) is 7.64. The molecule has 1 spiro atoms. The monoisotopic (exact) mass is 256 g/mol. The van der Waals surface area contributed by atoms with Gasteiger partial charge < -0.3 is 0 Å². The maximum atomic E-state index is 2.74. The summed E-state index contributed by atoms with van der Waals surface area (Å²) in [7, 11) is 0. The van der Waals surface area contributed by atoms with Gasteiger partial charge in [0.2, 0.25) is 0 Å². The van der Waals surface area contributed by atoms with Crippen molar-refractivity contribution >= 4 is 0 Å². The first-order valence-electron chi connectivity index (χ1n) is 8.84. The molecule has 104 valence electrons. The molecule has 0 aromatic rings. The fourth-order valence-electron chi connectivity index (χ4n) is 10.8. The Hall–Kier alpha value is 0. The van der Waals surface area contributed by atoms with Crippen LogP contribution in [0, 0.1) is 63.1 Å². The number of hydrogen-bond donors (Lipinski definition) is 0. The summed E-state index contributed by atoms with van der Waals surface area (Å²) in [5.41, 5.74) is 2.86. The van der Waals surface area contributed by atoms with Gasteiger partial charge in [-0.2, -0.15) is 0 Å². The lowest BCUT2D eigenvalue weighted by atomic mass is 9.11. The average molecular weight is 256 g/mol. The molecule has 0 aromatic heterocycles. The molecule has 8 bridgehead atoms. The highest BCUT2D eigenvalue weighted by atomic mass is 15.0. The van der Waals surface area contributed by atoms with E-state index in [-0.39, 0.29) is 0 Å². The molecule has 0 aromatic carbocycles. The Morgan fingerprint density at radius 1 is 0.895 bits per heavy atom. The van der Waals surface area contributed by atoms with Gasteiger partial charge in [0.25, 0.3) is 0 Å². The zero-order chi connectivity index (χ0) is 13.2. The molecule has 19 heavy (non-hydrogen) atoms. The van der Waals surface area contributed by atoms with Crippen molar-refractivity contribution in [2.45, 2.75) is 53.9 Å². The quantitative estimate of drug-likeness (QED) is 0.594. The van der Waals surface area contributed by atoms with Crippen LogP contribution in [-0.4, -0.2) is 0 Å². The van der Waals surface area contributed by atoms with Crippen LogP contribution in [0.15, 0.2) is 0 Å². The van der Waals surface area contributed by atoms with Gasteiger partial charge in [0, 0.05) is 0 Å². The second kappa shape index (κ2) is 2.26. The normalized spacial score (nSPS) is 84.8. The molecule has 0 saturated heterocycles. The highest BCUT2D eigenvalue weighted by Crippen LogP contribution is 3.00. The van der Waals surface area contributed by atoms with Gasteiger partial charge in [-0.15, -0.1) is 0 Å². The predicted molar refractivity (Wildman–Crippen MR) is 76.4 cm³/mol. The van der Waals surface area contributed by atoms with Crippen LogP contribution < -0.4 is 0 Å². The summed E-state index contributed by atoms with van der Waals surface area (Å²) in [4.78, 5) is 0. The Balaban J connectivity index is 1.73. The fraction of sp³-hybridized carbons (Fsp3) is 1.00. The van der Waals surface area contributed by atoms with Crippen LogP contribution in [-0.2, 0) is 0 Å². The summed E-state index contributed by atoms with van der Waals surface area (Å²) in [5, 5.41) is 0. The zero-order valence-electron chi connectivity index (χ0n) is 13.2. The zero-order valence-corrected chi connectivity index (χ0v) is 13.2. The molecule has 11 atom stereocenters. The molecule has 0 amide bonds. The van der Waals surface area contributed by atoms with Crippen LogP contribution in [0.3, 0.4) is 0 Å². The van der Waals surface area contributed by atoms with Gasteiger partial charge in [0.15, 0.2) is 0 Å². The molecule has 0 aliphatic heterocycles. The van der Waals surface area contributed by atoms with Crippen molar-refractivity contribution in [3.63, 3.8) is 0 Å². The largest absolute Gasteiger partial charge is 0.0617 e. The maximum absolute atomic E-state index is 2.74. The first-order chi connectivity index (χ1) is 8.84. The minimum absolute atomic E-state index is 0.677. The summed E-state index contributed by atoms with van der Waals surface area (Å²) >= 11 is 0. The first-order valence-corrected chi connectivity index (χ1v) is 8.84. The third-order valence-electron chi connectivity index (χ3n) is 11.5. The van der Waals surface area contributed by atoms with Crippen molar-refractivity contribution in [2.75, 3.05) is 0 Å². The molecule has 0 heterocycles. The van der Waals surface area contributed by atoms with Crippen molar-refractivity contribution in [3.8, 4) is 0 Å². The van der Waals surface area contributed by atoms with E-state index in [0.29, 0.717) is 16.2 Å². The van der Waals surface area contributed by atoms with Gasteiger partial charge in [-0.1, -0.05) is 34.6 Å². The third-order valence-corrected chi connectivity index (χ3v) is 11.5. The van der Waals surface area contributed by atoms with E-state index in [9.17, 15) is 0 Å². The minimum Gasteiger partial charge on any atom is -0.0617 e. The van der Waals surface area contributed by atoms with E-state index in [1.54, 1.807) is 19.3 Å². The molecule has 7 aliphatic rings. The van der Waals surface area contributed by atoms with Crippen molar-refractivity contribution in [2.24, 2.45) is 63.1 Å². The Morgan fingerprint density at radius 3 is 2.32 bits per heavy atom. The van der Waals surface area contributed by atoms with Crippen molar-refractivity contribution in [1.82, 2.24) is 0 Å². The topological polar surface area (TPSA) is 0 Å². The van der Waals surface area contributed by atoms with Gasteiger partial charge in [-0.05, 0) is 82.3 Å². The first kappa shape index (κ1) is 10.7. The SMILES string of the molecule is CC1C2C3CC45CC1(C)C4(C)C1(C)C(C)C2C3CC51. The van der Waals surface area contributed by atoms with Crippen LogP contribution >= 0.6 is 0 Å². The molecule has 0 N–H and O–H groups in total. The molecular weight excluding hydrogens is 228 g/mol. The van der Waals surface area contributed by atoms with Crippen LogP contribution in [0.1, 0.15) is 53.9 Å². The van der Waals surface area contributed by atoms with E-state index in [1.165, 1.54) is 0 Å². The van der Waals surface area contributed by atoms with Crippen LogP contribution in [0.2, 0.25) is 0 Å². The molecule has 7 rings (SSSR count). The van der Waals surface area contributed by atoms with Crippen LogP contribution in [0.25, 0.3) is 0 Å². The van der Waals surface area contributed by atoms with Crippen molar-refractivity contribution in [3.05, 3.63) is 0 Å². The molecule has 0 radical (unpaired) electrons. The minimum atomic E-state index is 0.677. The summed E-state index contributed by atoms with van der Waals surface area (Å²) in [6.45, 7) is 13.5. The van der Waals surface area contributed by atoms with E-state index in [2.05, 4.69) is 34.6 Å². The number of rotatable bonds is 0. The molecular formula is C19H28. The van der Waals surface area contributed by atoms with Crippen LogP contribution in [0.4, 0.5) is 0 Å². The maximum Gasteiger partial charge on any atom is -0.0150 e. The van der Waals surface area contributed by atoms with E-state index >= 15 is 0 Å². The van der Waals surface area contributed by atoms with Gasteiger partial charge in [-0.3, -0.25) is 0 Å². The fourth-order valence-corrected chi connectivity index (χ4v) is 10.8. The lowest BCUT2D eigenvalue weighted by Crippen LogP contribution is -2.87. The Kier molecular flexibility index (Phi) is 1.27. The Labute approximate surface area is 117 Å². The Bertz CT molecular complexity index is 523. The van der Waals surface area contributed by atoms with E-state index < -0.39 is 0 Å². The third kappa shape index (κ3) is 0.569. The molecule has 0 heteroatoms. The predicted octanol–water partition coefficient (Wildman–Crippen LogP) is 4.60. The molecule has 0 nitrogen and oxygen atoms in total.